The Morgan fingerprint density at radius 2 is 2.08 bits per heavy atom. The third-order valence-electron chi connectivity index (χ3n) is 2.05. The van der Waals surface area contributed by atoms with E-state index in [1.807, 2.05) is 0 Å². The highest BCUT2D eigenvalue weighted by Crippen LogP contribution is 2.14. The normalized spacial score (nSPS) is 12.3. The number of aliphatic hydroxyl groups excluding tert-OH is 1. The molecule has 0 heterocycles. The first-order valence-electron chi connectivity index (χ1n) is 4.49. The summed E-state index contributed by atoms with van der Waals surface area (Å²) in [6, 6.07) is 0. The lowest BCUT2D eigenvalue weighted by atomic mass is 9.97. The predicted molar refractivity (Wildman–Crippen MR) is 54.1 cm³/mol. The van der Waals surface area contributed by atoms with Gasteiger partial charge in [-0.15, -0.1) is 0 Å². The molecular formula is C11H20O. The number of hydrogen-bond donors (Lipinski definition) is 1. The van der Waals surface area contributed by atoms with Crippen LogP contribution in [0.25, 0.3) is 0 Å². The van der Waals surface area contributed by atoms with Gasteiger partial charge in [0, 0.05) is 0 Å². The van der Waals surface area contributed by atoms with Crippen LogP contribution in [0, 0.1) is 5.92 Å². The standard InChI is InChI=1S/C11H20O/c1-9(2)6-5-7-10(3)11(4)8-12/h6,10,12H,4-5,7-8H2,1-3H3/t10-/m0/s1. The first-order chi connectivity index (χ1) is 5.57. The molecule has 0 saturated carbocycles. The van der Waals surface area contributed by atoms with Crippen LogP contribution in [0.1, 0.15) is 33.6 Å². The molecule has 1 N–H and O–H groups in total. The van der Waals surface area contributed by atoms with Crippen molar-refractivity contribution in [2.24, 2.45) is 5.92 Å². The molecule has 0 aliphatic carbocycles. The quantitative estimate of drug-likeness (QED) is 0.626. The van der Waals surface area contributed by atoms with Gasteiger partial charge in [-0.25, -0.2) is 0 Å². The second kappa shape index (κ2) is 6.01. The van der Waals surface area contributed by atoms with E-state index in [0.29, 0.717) is 5.92 Å². The van der Waals surface area contributed by atoms with Crippen LogP contribution in [-0.4, -0.2) is 11.7 Å². The van der Waals surface area contributed by atoms with Crippen molar-refractivity contribution in [3.8, 4) is 0 Å². The molecule has 0 aromatic carbocycles. The van der Waals surface area contributed by atoms with Gasteiger partial charge in [-0.3, -0.25) is 0 Å². The third kappa shape index (κ3) is 5.14. The lowest BCUT2D eigenvalue weighted by Crippen LogP contribution is -2.01. The summed E-state index contributed by atoms with van der Waals surface area (Å²) in [5.41, 5.74) is 2.30. The van der Waals surface area contributed by atoms with Crippen LogP contribution in [0.3, 0.4) is 0 Å². The Hall–Kier alpha value is -0.560. The molecule has 0 amide bonds. The topological polar surface area (TPSA) is 20.2 Å². The van der Waals surface area contributed by atoms with Gasteiger partial charge in [-0.2, -0.15) is 0 Å². The zero-order valence-corrected chi connectivity index (χ0v) is 8.43. The van der Waals surface area contributed by atoms with Crippen LogP contribution in [0.2, 0.25) is 0 Å². The summed E-state index contributed by atoms with van der Waals surface area (Å²) in [6.07, 6.45) is 4.40. The summed E-state index contributed by atoms with van der Waals surface area (Å²) >= 11 is 0. The molecule has 12 heavy (non-hydrogen) atoms. The van der Waals surface area contributed by atoms with E-state index in [1.54, 1.807) is 0 Å². The Bertz CT molecular complexity index is 164. The maximum absolute atomic E-state index is 8.80. The lowest BCUT2D eigenvalue weighted by molar-refractivity contribution is 0.314. The van der Waals surface area contributed by atoms with Gasteiger partial charge >= 0.3 is 0 Å². The molecule has 1 nitrogen and oxygen atoms in total. The first-order valence-corrected chi connectivity index (χ1v) is 4.49. The fraction of sp³-hybridized carbons (Fsp3) is 0.636. The fourth-order valence-corrected chi connectivity index (χ4v) is 0.982. The van der Waals surface area contributed by atoms with Gasteiger partial charge in [0.2, 0.25) is 0 Å². The molecule has 1 heteroatoms. The summed E-state index contributed by atoms with van der Waals surface area (Å²) < 4.78 is 0. The molecule has 0 bridgehead atoms. The molecule has 0 radical (unpaired) electrons. The minimum Gasteiger partial charge on any atom is -0.392 e. The van der Waals surface area contributed by atoms with Crippen molar-refractivity contribution in [3.63, 3.8) is 0 Å². The van der Waals surface area contributed by atoms with E-state index in [9.17, 15) is 0 Å². The molecule has 0 unspecified atom stereocenters. The van der Waals surface area contributed by atoms with Crippen LogP contribution in [-0.2, 0) is 0 Å². The zero-order chi connectivity index (χ0) is 9.56. The van der Waals surface area contributed by atoms with E-state index < -0.39 is 0 Å². The van der Waals surface area contributed by atoms with Crippen molar-refractivity contribution in [3.05, 3.63) is 23.8 Å². The highest BCUT2D eigenvalue weighted by atomic mass is 16.3. The second-order valence-corrected chi connectivity index (χ2v) is 3.58. The van der Waals surface area contributed by atoms with E-state index in [-0.39, 0.29) is 6.61 Å². The Labute approximate surface area is 75.8 Å². The van der Waals surface area contributed by atoms with Gasteiger partial charge in [-0.1, -0.05) is 25.2 Å². The summed E-state index contributed by atoms with van der Waals surface area (Å²) in [5, 5.41) is 8.80. The zero-order valence-electron chi connectivity index (χ0n) is 8.43. The molecular weight excluding hydrogens is 148 g/mol. The fourth-order valence-electron chi connectivity index (χ4n) is 0.982. The van der Waals surface area contributed by atoms with Gasteiger partial charge < -0.3 is 5.11 Å². The van der Waals surface area contributed by atoms with Crippen molar-refractivity contribution in [1.82, 2.24) is 0 Å². The maximum atomic E-state index is 8.80. The van der Waals surface area contributed by atoms with Gasteiger partial charge in [-0.05, 0) is 38.2 Å². The number of allylic oxidation sites excluding steroid dienone is 2. The molecule has 0 rings (SSSR count). The Balaban J connectivity index is 3.64. The molecule has 0 aliphatic rings. The minimum absolute atomic E-state index is 0.121. The van der Waals surface area contributed by atoms with Crippen molar-refractivity contribution in [2.45, 2.75) is 33.6 Å². The van der Waals surface area contributed by atoms with E-state index in [1.165, 1.54) is 5.57 Å². The highest BCUT2D eigenvalue weighted by molar-refractivity contribution is 5.00. The lowest BCUT2D eigenvalue weighted by Gasteiger charge is -2.10. The monoisotopic (exact) mass is 168 g/mol. The first kappa shape index (κ1) is 11.4. The molecule has 0 aromatic heterocycles. The summed E-state index contributed by atoms with van der Waals surface area (Å²) in [5.74, 6) is 0.436. The molecule has 0 aliphatic heterocycles. The van der Waals surface area contributed by atoms with E-state index in [4.69, 9.17) is 5.11 Å². The minimum atomic E-state index is 0.121. The van der Waals surface area contributed by atoms with Crippen LogP contribution in [0.5, 0.6) is 0 Å². The second-order valence-electron chi connectivity index (χ2n) is 3.58. The average molecular weight is 168 g/mol. The summed E-state index contributed by atoms with van der Waals surface area (Å²) in [7, 11) is 0. The Morgan fingerprint density at radius 3 is 2.50 bits per heavy atom. The smallest absolute Gasteiger partial charge is 0.0641 e. The molecule has 0 saturated heterocycles. The summed E-state index contributed by atoms with van der Waals surface area (Å²) in [4.78, 5) is 0. The largest absolute Gasteiger partial charge is 0.392 e. The molecule has 70 valence electrons. The van der Waals surface area contributed by atoms with E-state index in [2.05, 4.69) is 33.4 Å². The Morgan fingerprint density at radius 1 is 1.50 bits per heavy atom. The van der Waals surface area contributed by atoms with Crippen molar-refractivity contribution < 1.29 is 5.11 Å². The van der Waals surface area contributed by atoms with Gasteiger partial charge in [0.05, 0.1) is 6.61 Å². The van der Waals surface area contributed by atoms with Crippen LogP contribution in [0.4, 0.5) is 0 Å². The molecule has 1 atom stereocenters. The van der Waals surface area contributed by atoms with Gasteiger partial charge in [0.1, 0.15) is 0 Å². The molecule has 0 fully saturated rings. The highest BCUT2D eigenvalue weighted by Gasteiger charge is 2.03. The number of aliphatic hydroxyl groups is 1. The van der Waals surface area contributed by atoms with E-state index in [0.717, 1.165) is 18.4 Å². The van der Waals surface area contributed by atoms with Gasteiger partial charge in [0.15, 0.2) is 0 Å². The van der Waals surface area contributed by atoms with Crippen LogP contribution in [0.15, 0.2) is 23.8 Å². The summed E-state index contributed by atoms with van der Waals surface area (Å²) in [6.45, 7) is 10.2. The van der Waals surface area contributed by atoms with Crippen molar-refractivity contribution in [1.29, 1.82) is 0 Å². The predicted octanol–water partition coefficient (Wildman–Crippen LogP) is 2.92. The van der Waals surface area contributed by atoms with E-state index >= 15 is 0 Å². The number of hydrogen-bond acceptors (Lipinski definition) is 1. The van der Waals surface area contributed by atoms with Gasteiger partial charge in [0.25, 0.3) is 0 Å². The maximum Gasteiger partial charge on any atom is 0.0641 e. The Kier molecular flexibility index (Phi) is 5.73. The number of rotatable bonds is 5. The molecule has 0 aromatic rings. The third-order valence-corrected chi connectivity index (χ3v) is 2.05. The van der Waals surface area contributed by atoms with Crippen LogP contribution >= 0.6 is 0 Å². The van der Waals surface area contributed by atoms with Crippen LogP contribution < -0.4 is 0 Å². The molecule has 0 spiro atoms. The van der Waals surface area contributed by atoms with Crippen molar-refractivity contribution in [2.75, 3.05) is 6.61 Å². The average Bonchev–Trinajstić information content (AvgIpc) is 2.02. The SMILES string of the molecule is C=C(CO)[C@@H](C)CCC=C(C)C. The van der Waals surface area contributed by atoms with Crippen molar-refractivity contribution >= 4 is 0 Å².